The molecule has 8 heteroatoms. The van der Waals surface area contributed by atoms with Crippen LogP contribution in [0.3, 0.4) is 0 Å². The van der Waals surface area contributed by atoms with Crippen LogP contribution in [-0.4, -0.2) is 64.3 Å². The molecule has 3 N–H and O–H groups in total. The number of carbonyl (C=O) groups is 1. The summed E-state index contributed by atoms with van der Waals surface area (Å²) in [5.41, 5.74) is 0.905. The standard InChI is InChI=1S/C20H29N5O3/c1-15(16-4-5-18(27-2)19(12-16)28-3)24-20(26)17(13-21)14-23-8-11-25-9-6-22-7-10-25/h4-5,12,14-15,22-23H,6-11H2,1-3H3,(H,24,26)/b17-14-. The first-order valence-electron chi connectivity index (χ1n) is 9.38. The molecule has 1 aromatic rings. The summed E-state index contributed by atoms with van der Waals surface area (Å²) in [5.74, 6) is 0.794. The van der Waals surface area contributed by atoms with Crippen molar-refractivity contribution in [3.8, 4) is 17.6 Å². The molecular formula is C20H29N5O3. The van der Waals surface area contributed by atoms with E-state index in [1.165, 1.54) is 6.20 Å². The van der Waals surface area contributed by atoms with Crippen molar-refractivity contribution < 1.29 is 14.3 Å². The van der Waals surface area contributed by atoms with Crippen molar-refractivity contribution in [1.82, 2.24) is 20.9 Å². The number of hydrogen-bond donors (Lipinski definition) is 3. The SMILES string of the molecule is COc1ccc(C(C)NC(=O)/C(C#N)=C\NCCN2CCNCC2)cc1OC. The summed E-state index contributed by atoms with van der Waals surface area (Å²) >= 11 is 0. The van der Waals surface area contributed by atoms with Crippen LogP contribution in [0, 0.1) is 11.3 Å². The number of methoxy groups -OCH3 is 2. The number of ether oxygens (including phenoxy) is 2. The van der Waals surface area contributed by atoms with E-state index in [-0.39, 0.29) is 11.6 Å². The monoisotopic (exact) mass is 387 g/mol. The molecule has 1 heterocycles. The highest BCUT2D eigenvalue weighted by Crippen LogP contribution is 2.29. The van der Waals surface area contributed by atoms with Crippen LogP contribution in [-0.2, 0) is 4.79 Å². The van der Waals surface area contributed by atoms with Gasteiger partial charge < -0.3 is 25.4 Å². The van der Waals surface area contributed by atoms with Crippen molar-refractivity contribution in [2.75, 3.05) is 53.5 Å². The number of nitrogens with zero attached hydrogens (tertiary/aromatic N) is 2. The fourth-order valence-corrected chi connectivity index (χ4v) is 2.96. The van der Waals surface area contributed by atoms with E-state index in [0.717, 1.165) is 38.3 Å². The minimum atomic E-state index is -0.417. The fourth-order valence-electron chi connectivity index (χ4n) is 2.96. The highest BCUT2D eigenvalue weighted by atomic mass is 16.5. The van der Waals surface area contributed by atoms with Crippen molar-refractivity contribution >= 4 is 5.91 Å². The van der Waals surface area contributed by atoms with Gasteiger partial charge in [0.15, 0.2) is 11.5 Å². The lowest BCUT2D eigenvalue weighted by Gasteiger charge is -2.26. The number of rotatable bonds is 9. The van der Waals surface area contributed by atoms with E-state index in [2.05, 4.69) is 20.9 Å². The lowest BCUT2D eigenvalue weighted by Crippen LogP contribution is -2.45. The predicted molar refractivity (Wildman–Crippen MR) is 107 cm³/mol. The normalized spacial score (nSPS) is 16.0. The van der Waals surface area contributed by atoms with E-state index in [0.29, 0.717) is 18.0 Å². The molecule has 152 valence electrons. The molecule has 0 bridgehead atoms. The average Bonchev–Trinajstić information content (AvgIpc) is 2.73. The third-order valence-electron chi connectivity index (χ3n) is 4.65. The first kappa shape index (κ1) is 21.5. The summed E-state index contributed by atoms with van der Waals surface area (Å²) in [6.07, 6.45) is 1.48. The predicted octanol–water partition coefficient (Wildman–Crippen LogP) is 0.783. The fraction of sp³-hybridized carbons (Fsp3) is 0.500. The quantitative estimate of drug-likeness (QED) is 0.327. The van der Waals surface area contributed by atoms with Gasteiger partial charge in [-0.05, 0) is 24.6 Å². The molecule has 0 aromatic heterocycles. The van der Waals surface area contributed by atoms with Gasteiger partial charge in [0, 0.05) is 45.5 Å². The van der Waals surface area contributed by atoms with E-state index < -0.39 is 5.91 Å². The summed E-state index contributed by atoms with van der Waals surface area (Å²) in [6.45, 7) is 7.43. The van der Waals surface area contributed by atoms with Crippen molar-refractivity contribution in [2.45, 2.75) is 13.0 Å². The van der Waals surface area contributed by atoms with Gasteiger partial charge in [-0.15, -0.1) is 0 Å². The van der Waals surface area contributed by atoms with Gasteiger partial charge in [-0.25, -0.2) is 0 Å². The van der Waals surface area contributed by atoms with E-state index in [1.807, 2.05) is 25.1 Å². The number of nitriles is 1. The van der Waals surface area contributed by atoms with E-state index in [1.54, 1.807) is 20.3 Å². The van der Waals surface area contributed by atoms with Gasteiger partial charge >= 0.3 is 0 Å². The lowest BCUT2D eigenvalue weighted by molar-refractivity contribution is -0.117. The van der Waals surface area contributed by atoms with E-state index in [9.17, 15) is 10.1 Å². The molecule has 0 aliphatic carbocycles. The van der Waals surface area contributed by atoms with Gasteiger partial charge in [0.2, 0.25) is 0 Å². The van der Waals surface area contributed by atoms with Crippen molar-refractivity contribution in [3.63, 3.8) is 0 Å². The van der Waals surface area contributed by atoms with Crippen LogP contribution in [0.4, 0.5) is 0 Å². The van der Waals surface area contributed by atoms with Gasteiger partial charge in [-0.2, -0.15) is 5.26 Å². The summed E-state index contributed by atoms with van der Waals surface area (Å²) in [5, 5.41) is 18.5. The maximum Gasteiger partial charge on any atom is 0.263 e. The smallest absolute Gasteiger partial charge is 0.263 e. The number of piperazine rings is 1. The largest absolute Gasteiger partial charge is 0.493 e. The maximum atomic E-state index is 12.4. The van der Waals surface area contributed by atoms with Gasteiger partial charge in [0.25, 0.3) is 5.91 Å². The molecule has 1 unspecified atom stereocenters. The van der Waals surface area contributed by atoms with Crippen LogP contribution in [0.15, 0.2) is 30.0 Å². The highest BCUT2D eigenvalue weighted by molar-refractivity contribution is 5.97. The molecule has 1 aromatic carbocycles. The van der Waals surface area contributed by atoms with Crippen molar-refractivity contribution in [3.05, 3.63) is 35.5 Å². The van der Waals surface area contributed by atoms with Gasteiger partial charge in [-0.3, -0.25) is 9.69 Å². The Kier molecular flexibility index (Phi) is 8.59. The number of carbonyl (C=O) groups excluding carboxylic acids is 1. The number of benzene rings is 1. The Labute approximate surface area is 166 Å². The summed E-state index contributed by atoms with van der Waals surface area (Å²) < 4.78 is 10.5. The first-order valence-corrected chi connectivity index (χ1v) is 9.38. The van der Waals surface area contributed by atoms with Gasteiger partial charge in [0.05, 0.1) is 20.3 Å². The summed E-state index contributed by atoms with van der Waals surface area (Å²) in [6, 6.07) is 7.12. The van der Waals surface area contributed by atoms with E-state index >= 15 is 0 Å². The molecule has 1 fully saturated rings. The molecule has 8 nitrogen and oxygen atoms in total. The average molecular weight is 387 g/mol. The second-order valence-corrected chi connectivity index (χ2v) is 6.53. The van der Waals surface area contributed by atoms with Crippen molar-refractivity contribution in [1.29, 1.82) is 5.26 Å². The van der Waals surface area contributed by atoms with E-state index in [4.69, 9.17) is 9.47 Å². The van der Waals surface area contributed by atoms with Gasteiger partial charge in [-0.1, -0.05) is 6.07 Å². The van der Waals surface area contributed by atoms with Crippen LogP contribution < -0.4 is 25.4 Å². The Bertz CT molecular complexity index is 723. The number of amides is 1. The zero-order valence-electron chi connectivity index (χ0n) is 16.7. The van der Waals surface area contributed by atoms with Crippen LogP contribution in [0.5, 0.6) is 11.5 Å². The van der Waals surface area contributed by atoms with Crippen LogP contribution in [0.1, 0.15) is 18.5 Å². The highest BCUT2D eigenvalue weighted by Gasteiger charge is 2.16. The number of nitrogens with one attached hydrogen (secondary N) is 3. The minimum Gasteiger partial charge on any atom is -0.493 e. The van der Waals surface area contributed by atoms with Crippen LogP contribution in [0.25, 0.3) is 0 Å². The van der Waals surface area contributed by atoms with Crippen LogP contribution >= 0.6 is 0 Å². The Hall–Kier alpha value is -2.76. The minimum absolute atomic E-state index is 0.0487. The molecular weight excluding hydrogens is 358 g/mol. The third-order valence-corrected chi connectivity index (χ3v) is 4.65. The van der Waals surface area contributed by atoms with Gasteiger partial charge in [0.1, 0.15) is 11.6 Å². The molecule has 2 rings (SSSR count). The zero-order valence-corrected chi connectivity index (χ0v) is 16.7. The molecule has 0 saturated carbocycles. The number of hydrogen-bond acceptors (Lipinski definition) is 7. The molecule has 0 spiro atoms. The Morgan fingerprint density at radius 2 is 2.04 bits per heavy atom. The van der Waals surface area contributed by atoms with Crippen LogP contribution in [0.2, 0.25) is 0 Å². The molecule has 28 heavy (non-hydrogen) atoms. The molecule has 1 atom stereocenters. The summed E-state index contributed by atoms with van der Waals surface area (Å²) in [7, 11) is 3.13. The Balaban J connectivity index is 1.88. The molecule has 0 radical (unpaired) electrons. The second-order valence-electron chi connectivity index (χ2n) is 6.53. The molecule has 1 amide bonds. The zero-order chi connectivity index (χ0) is 20.4. The Morgan fingerprint density at radius 3 is 2.68 bits per heavy atom. The second kappa shape index (κ2) is 11.2. The maximum absolute atomic E-state index is 12.4. The third kappa shape index (κ3) is 6.15. The Morgan fingerprint density at radius 1 is 1.32 bits per heavy atom. The van der Waals surface area contributed by atoms with Crippen molar-refractivity contribution in [2.24, 2.45) is 0 Å². The molecule has 1 aliphatic heterocycles. The lowest BCUT2D eigenvalue weighted by atomic mass is 10.1. The first-order chi connectivity index (χ1) is 13.6. The molecule has 1 saturated heterocycles. The topological polar surface area (TPSA) is 98.6 Å². The summed E-state index contributed by atoms with van der Waals surface area (Å²) in [4.78, 5) is 14.8. The molecule has 1 aliphatic rings.